The van der Waals surface area contributed by atoms with Gasteiger partial charge in [-0.3, -0.25) is 15.0 Å². The van der Waals surface area contributed by atoms with Crippen molar-refractivity contribution in [2.45, 2.75) is 6.04 Å². The lowest BCUT2D eigenvalue weighted by molar-refractivity contribution is 0.648. The molecule has 1 atom stereocenters. The third kappa shape index (κ3) is 2.43. The van der Waals surface area contributed by atoms with E-state index < -0.39 is 0 Å². The van der Waals surface area contributed by atoms with Gasteiger partial charge in [0.05, 0.1) is 23.6 Å². The number of rotatable bonds is 3. The van der Waals surface area contributed by atoms with Crippen LogP contribution in [-0.4, -0.2) is 22.0 Å². The highest BCUT2D eigenvalue weighted by Crippen LogP contribution is 2.18. The Bertz CT molecular complexity index is 443. The highest BCUT2D eigenvalue weighted by Gasteiger charge is 2.14. The minimum absolute atomic E-state index is 0.0261. The molecule has 2 rings (SSSR count). The van der Waals surface area contributed by atoms with E-state index >= 15 is 0 Å². The highest BCUT2D eigenvalue weighted by atomic mass is 79.9. The molecule has 0 fully saturated rings. The van der Waals surface area contributed by atoms with Gasteiger partial charge in [0.1, 0.15) is 0 Å². The zero-order chi connectivity index (χ0) is 11.4. The lowest BCUT2D eigenvalue weighted by atomic mass is 10.1. The smallest absolute Gasteiger partial charge is 0.0938 e. The minimum atomic E-state index is -0.0261. The Morgan fingerprint density at radius 1 is 1.12 bits per heavy atom. The zero-order valence-corrected chi connectivity index (χ0v) is 10.3. The van der Waals surface area contributed by atoms with E-state index in [9.17, 15) is 0 Å². The van der Waals surface area contributed by atoms with Crippen LogP contribution in [0.4, 0.5) is 0 Å². The summed E-state index contributed by atoms with van der Waals surface area (Å²) < 4.78 is 0.963. The van der Waals surface area contributed by atoms with Gasteiger partial charge in [0.15, 0.2) is 0 Å². The molecule has 16 heavy (non-hydrogen) atoms. The maximum Gasteiger partial charge on any atom is 0.0938 e. The van der Waals surface area contributed by atoms with E-state index in [0.29, 0.717) is 0 Å². The summed E-state index contributed by atoms with van der Waals surface area (Å²) in [5.41, 5.74) is 1.78. The molecule has 2 heterocycles. The van der Waals surface area contributed by atoms with Crippen LogP contribution >= 0.6 is 15.9 Å². The summed E-state index contributed by atoms with van der Waals surface area (Å²) in [5.74, 6) is 0. The van der Waals surface area contributed by atoms with E-state index in [-0.39, 0.29) is 6.04 Å². The number of halogens is 1. The molecule has 1 unspecified atom stereocenters. The van der Waals surface area contributed by atoms with Crippen molar-refractivity contribution in [1.29, 1.82) is 0 Å². The SMILES string of the molecule is CNC(c1ccc(Br)cn1)c1cnccn1. The van der Waals surface area contributed by atoms with Crippen molar-refractivity contribution in [3.8, 4) is 0 Å². The Balaban J connectivity index is 2.33. The van der Waals surface area contributed by atoms with Gasteiger partial charge < -0.3 is 5.32 Å². The molecule has 0 saturated heterocycles. The van der Waals surface area contributed by atoms with Crippen LogP contribution < -0.4 is 5.32 Å². The van der Waals surface area contributed by atoms with Gasteiger partial charge in [-0.2, -0.15) is 0 Å². The summed E-state index contributed by atoms with van der Waals surface area (Å²) in [6.07, 6.45) is 6.85. The molecule has 0 radical (unpaired) electrons. The maximum absolute atomic E-state index is 4.35. The Hall–Kier alpha value is -1.33. The molecule has 0 saturated carbocycles. The molecular weight excluding hydrogens is 268 g/mol. The second kappa shape index (κ2) is 5.14. The fourth-order valence-corrected chi connectivity index (χ4v) is 1.70. The quantitative estimate of drug-likeness (QED) is 0.933. The Kier molecular flexibility index (Phi) is 3.58. The maximum atomic E-state index is 4.35. The normalized spacial score (nSPS) is 12.4. The van der Waals surface area contributed by atoms with Crippen LogP contribution in [0.3, 0.4) is 0 Å². The molecule has 1 N–H and O–H groups in total. The lowest BCUT2D eigenvalue weighted by Crippen LogP contribution is -2.20. The summed E-state index contributed by atoms with van der Waals surface area (Å²) in [6, 6.07) is 3.89. The molecule has 0 spiro atoms. The number of pyridine rings is 1. The van der Waals surface area contributed by atoms with Crippen LogP contribution in [0.2, 0.25) is 0 Å². The molecular formula is C11H11BrN4. The van der Waals surface area contributed by atoms with Crippen LogP contribution in [-0.2, 0) is 0 Å². The van der Waals surface area contributed by atoms with Gasteiger partial charge in [-0.05, 0) is 35.1 Å². The topological polar surface area (TPSA) is 50.7 Å². The molecule has 0 amide bonds. The highest BCUT2D eigenvalue weighted by molar-refractivity contribution is 9.10. The molecule has 82 valence electrons. The summed E-state index contributed by atoms with van der Waals surface area (Å²) >= 11 is 3.36. The van der Waals surface area contributed by atoms with Crippen molar-refractivity contribution in [1.82, 2.24) is 20.3 Å². The molecule has 0 aliphatic rings. The Morgan fingerprint density at radius 3 is 2.56 bits per heavy atom. The van der Waals surface area contributed by atoms with Gasteiger partial charge in [-0.25, -0.2) is 0 Å². The first kappa shape index (κ1) is 11.2. The van der Waals surface area contributed by atoms with Crippen LogP contribution in [0.5, 0.6) is 0 Å². The Morgan fingerprint density at radius 2 is 2.00 bits per heavy atom. The summed E-state index contributed by atoms with van der Waals surface area (Å²) in [5, 5.41) is 3.17. The standard InChI is InChI=1S/C11H11BrN4/c1-13-11(10-7-14-4-5-15-10)9-3-2-8(12)6-16-9/h2-7,11,13H,1H3. The fourth-order valence-electron chi connectivity index (χ4n) is 1.46. The number of aromatic nitrogens is 3. The van der Waals surface area contributed by atoms with E-state index in [2.05, 4.69) is 36.2 Å². The van der Waals surface area contributed by atoms with Gasteiger partial charge in [0.25, 0.3) is 0 Å². The largest absolute Gasteiger partial charge is 0.307 e. The molecule has 4 nitrogen and oxygen atoms in total. The van der Waals surface area contributed by atoms with Crippen LogP contribution in [0, 0.1) is 0 Å². The number of hydrogen-bond donors (Lipinski definition) is 1. The van der Waals surface area contributed by atoms with Gasteiger partial charge in [0.2, 0.25) is 0 Å². The zero-order valence-electron chi connectivity index (χ0n) is 8.76. The number of hydrogen-bond acceptors (Lipinski definition) is 4. The molecule has 0 bridgehead atoms. The average molecular weight is 279 g/mol. The minimum Gasteiger partial charge on any atom is -0.307 e. The van der Waals surface area contributed by atoms with Crippen LogP contribution in [0.25, 0.3) is 0 Å². The van der Waals surface area contributed by atoms with Crippen LogP contribution in [0.1, 0.15) is 17.4 Å². The Labute approximate surface area is 102 Å². The predicted molar refractivity (Wildman–Crippen MR) is 64.9 cm³/mol. The lowest BCUT2D eigenvalue weighted by Gasteiger charge is -2.14. The first-order valence-corrected chi connectivity index (χ1v) is 5.65. The predicted octanol–water partition coefficient (Wildman–Crippen LogP) is 1.94. The second-order valence-corrected chi connectivity index (χ2v) is 4.17. The molecule has 0 aliphatic heterocycles. The van der Waals surface area contributed by atoms with Crippen molar-refractivity contribution < 1.29 is 0 Å². The van der Waals surface area contributed by atoms with Gasteiger partial charge in [-0.1, -0.05) is 0 Å². The third-order valence-electron chi connectivity index (χ3n) is 2.21. The molecule has 5 heteroatoms. The van der Waals surface area contributed by atoms with Crippen molar-refractivity contribution >= 4 is 15.9 Å². The average Bonchev–Trinajstić information content (AvgIpc) is 2.34. The monoisotopic (exact) mass is 278 g/mol. The summed E-state index contributed by atoms with van der Waals surface area (Å²) in [4.78, 5) is 12.7. The fraction of sp³-hybridized carbons (Fsp3) is 0.182. The molecule has 2 aromatic heterocycles. The summed E-state index contributed by atoms with van der Waals surface area (Å²) in [6.45, 7) is 0. The third-order valence-corrected chi connectivity index (χ3v) is 2.68. The van der Waals surface area contributed by atoms with E-state index in [4.69, 9.17) is 0 Å². The van der Waals surface area contributed by atoms with Crippen LogP contribution in [0.15, 0.2) is 41.4 Å². The van der Waals surface area contributed by atoms with Crippen molar-refractivity contribution in [2.75, 3.05) is 7.05 Å². The van der Waals surface area contributed by atoms with E-state index in [1.54, 1.807) is 24.8 Å². The molecule has 0 aliphatic carbocycles. The molecule has 2 aromatic rings. The first-order valence-electron chi connectivity index (χ1n) is 4.86. The van der Waals surface area contributed by atoms with E-state index in [1.165, 1.54) is 0 Å². The molecule has 0 aromatic carbocycles. The summed E-state index contributed by atoms with van der Waals surface area (Å²) in [7, 11) is 1.88. The van der Waals surface area contributed by atoms with Gasteiger partial charge >= 0.3 is 0 Å². The second-order valence-electron chi connectivity index (χ2n) is 3.25. The van der Waals surface area contributed by atoms with Gasteiger partial charge in [-0.15, -0.1) is 0 Å². The van der Waals surface area contributed by atoms with Gasteiger partial charge in [0, 0.05) is 23.1 Å². The van der Waals surface area contributed by atoms with Crippen molar-refractivity contribution in [2.24, 2.45) is 0 Å². The van der Waals surface area contributed by atoms with Crippen molar-refractivity contribution in [3.63, 3.8) is 0 Å². The number of nitrogens with zero attached hydrogens (tertiary/aromatic N) is 3. The van der Waals surface area contributed by atoms with E-state index in [0.717, 1.165) is 15.9 Å². The van der Waals surface area contributed by atoms with E-state index in [1.807, 2.05) is 19.2 Å². The van der Waals surface area contributed by atoms with Crippen molar-refractivity contribution in [3.05, 3.63) is 52.8 Å². The number of nitrogens with one attached hydrogen (secondary N) is 1. The first-order chi connectivity index (χ1) is 7.81.